The highest BCUT2D eigenvalue weighted by Crippen LogP contribution is 2.68. The van der Waals surface area contributed by atoms with Gasteiger partial charge in [-0.15, -0.1) is 0 Å². The molecule has 4 unspecified atom stereocenters. The minimum absolute atomic E-state index is 0.503. The summed E-state index contributed by atoms with van der Waals surface area (Å²) in [6.07, 6.45) is 14.5. The van der Waals surface area contributed by atoms with Gasteiger partial charge in [0.2, 0.25) is 0 Å². The van der Waals surface area contributed by atoms with E-state index < -0.39 is 0 Å². The molecule has 122 valence electrons. The van der Waals surface area contributed by atoms with Crippen LogP contribution < -0.4 is 5.73 Å². The Labute approximate surface area is 132 Å². The first kappa shape index (κ1) is 16.9. The highest BCUT2D eigenvalue weighted by atomic mass is 14.6. The number of rotatable bonds is 10. The number of fused-ring (bicyclic) bond motifs is 1. The van der Waals surface area contributed by atoms with E-state index in [0.29, 0.717) is 5.92 Å². The van der Waals surface area contributed by atoms with Crippen LogP contribution in [-0.2, 0) is 0 Å². The average Bonchev–Trinajstić information content (AvgIpc) is 2.41. The molecule has 2 aliphatic rings. The summed E-state index contributed by atoms with van der Waals surface area (Å²) in [5.41, 5.74) is 7.44. The van der Waals surface area contributed by atoms with Gasteiger partial charge in [-0.3, -0.25) is 0 Å². The summed E-state index contributed by atoms with van der Waals surface area (Å²) in [4.78, 5) is 0. The van der Waals surface area contributed by atoms with E-state index in [-0.39, 0.29) is 0 Å². The van der Waals surface area contributed by atoms with Gasteiger partial charge < -0.3 is 5.73 Å². The van der Waals surface area contributed by atoms with Crippen LogP contribution in [0.15, 0.2) is 12.3 Å². The Hall–Kier alpha value is -0.460. The second-order valence-electron chi connectivity index (χ2n) is 8.45. The smallest absolute Gasteiger partial charge is 0.00362 e. The molecule has 0 aromatic heterocycles. The molecular weight excluding hydrogens is 254 g/mol. The van der Waals surface area contributed by atoms with Crippen molar-refractivity contribution in [2.24, 2.45) is 34.8 Å². The first-order valence-electron chi connectivity index (χ1n) is 9.40. The van der Waals surface area contributed by atoms with Crippen molar-refractivity contribution in [1.82, 2.24) is 0 Å². The van der Waals surface area contributed by atoms with Gasteiger partial charge in [-0.05, 0) is 67.6 Å². The SMILES string of the molecule is C=C(N)C(C)CCCCC12CCC1CC2CCCC(C)C. The van der Waals surface area contributed by atoms with Crippen molar-refractivity contribution in [3.05, 3.63) is 12.3 Å². The number of hydrogen-bond donors (Lipinski definition) is 1. The van der Waals surface area contributed by atoms with Gasteiger partial charge in [-0.1, -0.05) is 53.0 Å². The van der Waals surface area contributed by atoms with Gasteiger partial charge in [-0.25, -0.2) is 0 Å². The Morgan fingerprint density at radius 1 is 1.19 bits per heavy atom. The molecule has 0 radical (unpaired) electrons. The quantitative estimate of drug-likeness (QED) is 0.498. The molecule has 21 heavy (non-hydrogen) atoms. The Bertz CT molecular complexity index is 346. The molecule has 0 aromatic rings. The second-order valence-corrected chi connectivity index (χ2v) is 8.45. The van der Waals surface area contributed by atoms with Gasteiger partial charge in [0, 0.05) is 5.70 Å². The Morgan fingerprint density at radius 2 is 1.95 bits per heavy atom. The average molecular weight is 292 g/mol. The summed E-state index contributed by atoms with van der Waals surface area (Å²) in [5, 5.41) is 0. The highest BCUT2D eigenvalue weighted by molar-refractivity contribution is 5.08. The van der Waals surface area contributed by atoms with Crippen LogP contribution >= 0.6 is 0 Å². The first-order valence-corrected chi connectivity index (χ1v) is 9.40. The van der Waals surface area contributed by atoms with E-state index in [2.05, 4.69) is 27.4 Å². The molecule has 1 nitrogen and oxygen atoms in total. The Morgan fingerprint density at radius 3 is 2.48 bits per heavy atom. The molecule has 2 rings (SSSR count). The van der Waals surface area contributed by atoms with Crippen molar-refractivity contribution in [1.29, 1.82) is 0 Å². The zero-order valence-corrected chi connectivity index (χ0v) is 14.7. The number of unbranched alkanes of at least 4 members (excludes halogenated alkanes) is 1. The normalized spacial score (nSPS) is 32.2. The third-order valence-corrected chi connectivity index (χ3v) is 6.65. The molecule has 0 amide bonds. The molecule has 2 saturated carbocycles. The van der Waals surface area contributed by atoms with E-state index in [1.54, 1.807) is 6.42 Å². The maximum absolute atomic E-state index is 5.78. The lowest BCUT2D eigenvalue weighted by Gasteiger charge is -2.65. The molecular formula is C20H37N. The Kier molecular flexibility index (Phi) is 5.80. The molecule has 1 heteroatoms. The topological polar surface area (TPSA) is 26.0 Å². The maximum Gasteiger partial charge on any atom is 0.00362 e. The first-order chi connectivity index (χ1) is 9.95. The monoisotopic (exact) mass is 291 g/mol. The van der Waals surface area contributed by atoms with E-state index in [4.69, 9.17) is 5.73 Å². The fourth-order valence-electron chi connectivity index (χ4n) is 4.83. The fourth-order valence-corrected chi connectivity index (χ4v) is 4.83. The van der Waals surface area contributed by atoms with E-state index in [0.717, 1.165) is 28.9 Å². The van der Waals surface area contributed by atoms with Crippen LogP contribution in [0.2, 0.25) is 0 Å². The highest BCUT2D eigenvalue weighted by Gasteiger charge is 2.58. The summed E-state index contributed by atoms with van der Waals surface area (Å²) in [6.45, 7) is 10.8. The van der Waals surface area contributed by atoms with Gasteiger partial charge >= 0.3 is 0 Å². The maximum atomic E-state index is 5.78. The molecule has 0 aromatic carbocycles. The zero-order chi connectivity index (χ0) is 15.5. The van der Waals surface area contributed by atoms with E-state index in [1.165, 1.54) is 57.8 Å². The van der Waals surface area contributed by atoms with Crippen molar-refractivity contribution in [3.8, 4) is 0 Å². The summed E-state index contributed by atoms with van der Waals surface area (Å²) < 4.78 is 0. The van der Waals surface area contributed by atoms with Gasteiger partial charge in [0.25, 0.3) is 0 Å². The van der Waals surface area contributed by atoms with Gasteiger partial charge in [-0.2, -0.15) is 0 Å². The fraction of sp³-hybridized carbons (Fsp3) is 0.900. The predicted molar refractivity (Wildman–Crippen MR) is 92.9 cm³/mol. The standard InChI is InChI=1S/C20H37N/c1-15(2)8-7-10-18-14-19-11-13-20(18,19)12-6-5-9-16(3)17(4)21/h15-16,18-19H,4-14,21H2,1-3H3. The predicted octanol–water partition coefficient (Wildman–Crippen LogP) is 5.90. The van der Waals surface area contributed by atoms with E-state index >= 15 is 0 Å². The summed E-state index contributed by atoms with van der Waals surface area (Å²) in [6, 6.07) is 0. The molecule has 0 aliphatic heterocycles. The summed E-state index contributed by atoms with van der Waals surface area (Å²) in [7, 11) is 0. The summed E-state index contributed by atoms with van der Waals surface area (Å²) >= 11 is 0. The van der Waals surface area contributed by atoms with Gasteiger partial charge in [0.1, 0.15) is 0 Å². The molecule has 2 fully saturated rings. The molecule has 2 aliphatic carbocycles. The van der Waals surface area contributed by atoms with Crippen LogP contribution in [0.25, 0.3) is 0 Å². The third-order valence-electron chi connectivity index (χ3n) is 6.65. The minimum atomic E-state index is 0.503. The summed E-state index contributed by atoms with van der Waals surface area (Å²) in [5.74, 6) is 3.55. The van der Waals surface area contributed by atoms with Crippen LogP contribution in [0, 0.1) is 29.1 Å². The molecule has 0 spiro atoms. The molecule has 4 atom stereocenters. The number of hydrogen-bond acceptors (Lipinski definition) is 1. The number of allylic oxidation sites excluding steroid dienone is 1. The van der Waals surface area contributed by atoms with Crippen LogP contribution in [0.4, 0.5) is 0 Å². The van der Waals surface area contributed by atoms with E-state index in [1.807, 2.05) is 0 Å². The molecule has 2 N–H and O–H groups in total. The van der Waals surface area contributed by atoms with Crippen LogP contribution in [0.3, 0.4) is 0 Å². The van der Waals surface area contributed by atoms with Gasteiger partial charge in [0.15, 0.2) is 0 Å². The lowest BCUT2D eigenvalue weighted by molar-refractivity contribution is -0.152. The third kappa shape index (κ3) is 3.85. The molecule has 0 bridgehead atoms. The van der Waals surface area contributed by atoms with Crippen molar-refractivity contribution in [2.45, 2.75) is 85.0 Å². The van der Waals surface area contributed by atoms with Crippen LogP contribution in [0.5, 0.6) is 0 Å². The number of nitrogens with two attached hydrogens (primary N) is 1. The van der Waals surface area contributed by atoms with Crippen LogP contribution in [0.1, 0.15) is 85.0 Å². The lowest BCUT2D eigenvalue weighted by Crippen LogP contribution is -2.56. The van der Waals surface area contributed by atoms with Gasteiger partial charge in [0.05, 0.1) is 0 Å². The molecule has 0 heterocycles. The van der Waals surface area contributed by atoms with Crippen molar-refractivity contribution in [2.75, 3.05) is 0 Å². The van der Waals surface area contributed by atoms with Crippen molar-refractivity contribution >= 4 is 0 Å². The minimum Gasteiger partial charge on any atom is -0.402 e. The second kappa shape index (κ2) is 7.20. The van der Waals surface area contributed by atoms with E-state index in [9.17, 15) is 0 Å². The van der Waals surface area contributed by atoms with Crippen molar-refractivity contribution < 1.29 is 0 Å². The van der Waals surface area contributed by atoms with Crippen molar-refractivity contribution in [3.63, 3.8) is 0 Å². The largest absolute Gasteiger partial charge is 0.402 e. The van der Waals surface area contributed by atoms with Crippen LogP contribution in [-0.4, -0.2) is 0 Å². The zero-order valence-electron chi connectivity index (χ0n) is 14.7. The molecule has 0 saturated heterocycles. The lowest BCUT2D eigenvalue weighted by atomic mass is 9.40. The Balaban J connectivity index is 1.67.